The van der Waals surface area contributed by atoms with Crippen molar-refractivity contribution in [3.05, 3.63) is 51.6 Å². The van der Waals surface area contributed by atoms with Crippen LogP contribution in [0.4, 0.5) is 0 Å². The summed E-state index contributed by atoms with van der Waals surface area (Å²) in [4.78, 5) is 0. The highest BCUT2D eigenvalue weighted by molar-refractivity contribution is 14.1. The predicted octanol–water partition coefficient (Wildman–Crippen LogP) is 6.23. The van der Waals surface area contributed by atoms with Crippen LogP contribution >= 0.6 is 77.4 Å². The minimum atomic E-state index is 0.146. The summed E-state index contributed by atoms with van der Waals surface area (Å²) in [6.07, 6.45) is 0. The Bertz CT molecular complexity index is 588. The van der Waals surface area contributed by atoms with Crippen LogP contribution in [0.3, 0.4) is 0 Å². The summed E-state index contributed by atoms with van der Waals surface area (Å²) < 4.78 is 3.47. The van der Waals surface area contributed by atoms with Crippen LogP contribution in [0.15, 0.2) is 31.8 Å². The Labute approximate surface area is 152 Å². The molecule has 0 aliphatic carbocycles. The molecule has 1 aromatic heterocycles. The highest BCUT2D eigenvalue weighted by Gasteiger charge is 2.20. The van der Waals surface area contributed by atoms with E-state index in [2.05, 4.69) is 78.8 Å². The molecule has 0 spiro atoms. The van der Waals surface area contributed by atoms with Gasteiger partial charge in [-0.2, -0.15) is 0 Å². The first kappa shape index (κ1) is 16.2. The van der Waals surface area contributed by atoms with E-state index in [4.69, 9.17) is 11.6 Å². The zero-order chi connectivity index (χ0) is 14.0. The van der Waals surface area contributed by atoms with Crippen molar-refractivity contribution in [3.63, 3.8) is 0 Å². The van der Waals surface area contributed by atoms with Crippen molar-refractivity contribution in [1.82, 2.24) is 5.32 Å². The minimum Gasteiger partial charge on any atom is -0.306 e. The molecule has 1 aromatic carbocycles. The van der Waals surface area contributed by atoms with E-state index in [1.165, 1.54) is 14.7 Å². The monoisotopic (exact) mass is 533 g/mol. The highest BCUT2D eigenvalue weighted by atomic mass is 127. The number of benzene rings is 1. The van der Waals surface area contributed by atoms with Gasteiger partial charge in [-0.15, -0.1) is 11.3 Å². The largest absolute Gasteiger partial charge is 0.306 e. The van der Waals surface area contributed by atoms with Gasteiger partial charge in [0.15, 0.2) is 0 Å². The van der Waals surface area contributed by atoms with Crippen LogP contribution in [0.2, 0.25) is 5.02 Å². The van der Waals surface area contributed by atoms with Crippen LogP contribution in [-0.4, -0.2) is 6.54 Å². The summed E-state index contributed by atoms with van der Waals surface area (Å²) >= 11 is 17.4. The van der Waals surface area contributed by atoms with Crippen LogP contribution in [0.25, 0.3) is 0 Å². The molecule has 2 aromatic rings. The van der Waals surface area contributed by atoms with Crippen LogP contribution < -0.4 is 5.32 Å². The Morgan fingerprint density at radius 2 is 2.05 bits per heavy atom. The molecule has 0 fully saturated rings. The zero-order valence-electron chi connectivity index (χ0n) is 10.0. The third kappa shape index (κ3) is 3.95. The Balaban J connectivity index is 2.51. The molecule has 0 bridgehead atoms. The molecular formula is C13H11Br2ClINS. The van der Waals surface area contributed by atoms with Crippen molar-refractivity contribution < 1.29 is 0 Å². The lowest BCUT2D eigenvalue weighted by molar-refractivity contribution is 0.628. The first-order valence-corrected chi connectivity index (χ1v) is 9.52. The lowest BCUT2D eigenvalue weighted by Crippen LogP contribution is -2.22. The molecular weight excluding hydrogens is 524 g/mol. The molecule has 1 N–H and O–H groups in total. The first-order valence-electron chi connectivity index (χ1n) is 5.66. The maximum atomic E-state index is 6.14. The van der Waals surface area contributed by atoms with E-state index in [1.807, 2.05) is 12.1 Å². The molecule has 0 saturated heterocycles. The Morgan fingerprint density at radius 1 is 1.32 bits per heavy atom. The smallest absolute Gasteiger partial charge is 0.0761 e. The molecule has 6 heteroatoms. The average molecular weight is 535 g/mol. The first-order chi connectivity index (χ1) is 9.02. The molecule has 102 valence electrons. The Hall–Kier alpha value is 0.860. The summed E-state index contributed by atoms with van der Waals surface area (Å²) in [6.45, 7) is 3.01. The average Bonchev–Trinajstić information content (AvgIpc) is 2.69. The van der Waals surface area contributed by atoms with Gasteiger partial charge in [-0.1, -0.05) is 18.5 Å². The number of thiophene rings is 1. The van der Waals surface area contributed by atoms with Gasteiger partial charge in [0.1, 0.15) is 0 Å². The van der Waals surface area contributed by atoms with E-state index < -0.39 is 0 Å². The summed E-state index contributed by atoms with van der Waals surface area (Å²) in [5.74, 6) is 0. The topological polar surface area (TPSA) is 12.0 Å². The molecule has 1 heterocycles. The zero-order valence-corrected chi connectivity index (χ0v) is 16.9. The van der Waals surface area contributed by atoms with Gasteiger partial charge in [-0.3, -0.25) is 0 Å². The molecule has 1 atom stereocenters. The highest BCUT2D eigenvalue weighted by Crippen LogP contribution is 2.39. The van der Waals surface area contributed by atoms with E-state index in [0.717, 1.165) is 19.1 Å². The molecule has 1 unspecified atom stereocenters. The summed E-state index contributed by atoms with van der Waals surface area (Å²) in [5.41, 5.74) is 2.44. The molecule has 2 rings (SSSR count). The van der Waals surface area contributed by atoms with Crippen molar-refractivity contribution >= 4 is 77.4 Å². The third-order valence-electron chi connectivity index (χ3n) is 2.67. The fourth-order valence-corrected chi connectivity index (χ4v) is 5.61. The van der Waals surface area contributed by atoms with Crippen molar-refractivity contribution in [3.8, 4) is 0 Å². The second kappa shape index (κ2) is 7.22. The molecule has 0 aliphatic rings. The molecule has 0 aliphatic heterocycles. The SMILES string of the molecule is CCNC(c1cc(Cl)ccc1I)c1cc(Br)sc1Br. The number of rotatable bonds is 4. The maximum Gasteiger partial charge on any atom is 0.0761 e. The lowest BCUT2D eigenvalue weighted by atomic mass is 10.0. The van der Waals surface area contributed by atoms with Crippen molar-refractivity contribution in [2.24, 2.45) is 0 Å². The fraction of sp³-hybridized carbons (Fsp3) is 0.231. The van der Waals surface area contributed by atoms with Crippen molar-refractivity contribution in [1.29, 1.82) is 0 Å². The van der Waals surface area contributed by atoms with E-state index in [1.54, 1.807) is 11.3 Å². The lowest BCUT2D eigenvalue weighted by Gasteiger charge is -2.20. The summed E-state index contributed by atoms with van der Waals surface area (Å²) in [6, 6.07) is 8.31. The van der Waals surface area contributed by atoms with E-state index in [0.29, 0.717) is 0 Å². The predicted molar refractivity (Wildman–Crippen MR) is 99.4 cm³/mol. The van der Waals surface area contributed by atoms with Crippen LogP contribution in [0.1, 0.15) is 24.1 Å². The number of hydrogen-bond acceptors (Lipinski definition) is 2. The second-order valence-electron chi connectivity index (χ2n) is 3.94. The van der Waals surface area contributed by atoms with Gasteiger partial charge >= 0.3 is 0 Å². The van der Waals surface area contributed by atoms with E-state index >= 15 is 0 Å². The Kier molecular flexibility index (Phi) is 6.17. The molecule has 0 amide bonds. The molecule has 19 heavy (non-hydrogen) atoms. The number of halogens is 4. The van der Waals surface area contributed by atoms with Gasteiger partial charge in [0.05, 0.1) is 13.6 Å². The second-order valence-corrected chi connectivity index (χ2v) is 9.28. The Morgan fingerprint density at radius 3 is 2.63 bits per heavy atom. The summed E-state index contributed by atoms with van der Waals surface area (Å²) in [5, 5.41) is 4.30. The van der Waals surface area contributed by atoms with Crippen LogP contribution in [0.5, 0.6) is 0 Å². The quantitative estimate of drug-likeness (QED) is 0.458. The number of nitrogens with one attached hydrogen (secondary N) is 1. The minimum absolute atomic E-state index is 0.146. The standard InChI is InChI=1S/C13H11Br2ClINS/c1-2-18-12(9-6-11(14)19-13(9)15)8-5-7(16)3-4-10(8)17/h3-6,12,18H,2H2,1H3. The van der Waals surface area contributed by atoms with Gasteiger partial charge in [0.2, 0.25) is 0 Å². The molecule has 1 nitrogen and oxygen atoms in total. The van der Waals surface area contributed by atoms with E-state index in [-0.39, 0.29) is 6.04 Å². The fourth-order valence-electron chi connectivity index (χ4n) is 1.88. The van der Waals surface area contributed by atoms with Gasteiger partial charge in [-0.25, -0.2) is 0 Å². The van der Waals surface area contributed by atoms with E-state index in [9.17, 15) is 0 Å². The van der Waals surface area contributed by atoms with Gasteiger partial charge < -0.3 is 5.32 Å². The van der Waals surface area contributed by atoms with Crippen molar-refractivity contribution in [2.75, 3.05) is 6.54 Å². The van der Waals surface area contributed by atoms with Gasteiger partial charge in [0.25, 0.3) is 0 Å². The molecule has 0 saturated carbocycles. The van der Waals surface area contributed by atoms with Crippen LogP contribution in [-0.2, 0) is 0 Å². The number of hydrogen-bond donors (Lipinski definition) is 1. The van der Waals surface area contributed by atoms with Gasteiger partial charge in [-0.05, 0) is 96.4 Å². The summed E-state index contributed by atoms with van der Waals surface area (Å²) in [7, 11) is 0. The maximum absolute atomic E-state index is 6.14. The van der Waals surface area contributed by atoms with Crippen molar-refractivity contribution in [2.45, 2.75) is 13.0 Å². The van der Waals surface area contributed by atoms with Crippen LogP contribution in [0, 0.1) is 3.57 Å². The normalized spacial score (nSPS) is 12.7. The molecule has 0 radical (unpaired) electrons. The van der Waals surface area contributed by atoms with Gasteiger partial charge in [0, 0.05) is 8.59 Å². The third-order valence-corrected chi connectivity index (χ3v) is 6.27.